The maximum absolute atomic E-state index is 13.4. The van der Waals surface area contributed by atoms with Gasteiger partial charge in [-0.25, -0.2) is 9.18 Å². The van der Waals surface area contributed by atoms with Crippen LogP contribution in [0.4, 0.5) is 4.39 Å². The fourth-order valence-electron chi connectivity index (χ4n) is 2.79. The summed E-state index contributed by atoms with van der Waals surface area (Å²) in [7, 11) is 0. The van der Waals surface area contributed by atoms with Crippen LogP contribution in [0.1, 0.15) is 22.8 Å². The summed E-state index contributed by atoms with van der Waals surface area (Å²) in [5, 5.41) is 0. The number of likely N-dealkylation sites (N-methyl/N-ethyl adjacent to an activating group) is 1. The van der Waals surface area contributed by atoms with Crippen LogP contribution in [0, 0.1) is 5.82 Å². The highest BCUT2D eigenvalue weighted by Crippen LogP contribution is 2.25. The average molecular weight is 408 g/mol. The van der Waals surface area contributed by atoms with Crippen LogP contribution in [0.3, 0.4) is 0 Å². The number of carbonyl (C=O) groups is 2. The molecule has 30 heavy (non-hydrogen) atoms. The monoisotopic (exact) mass is 408 g/mol. The van der Waals surface area contributed by atoms with Gasteiger partial charge >= 0.3 is 5.97 Å². The lowest BCUT2D eigenvalue weighted by molar-refractivity contribution is -0.134. The molecule has 0 saturated heterocycles. The summed E-state index contributed by atoms with van der Waals surface area (Å²) in [5.41, 5.74) is 0.856. The van der Waals surface area contributed by atoms with Crippen molar-refractivity contribution in [2.75, 3.05) is 13.2 Å². The highest BCUT2D eigenvalue weighted by atomic mass is 19.1. The predicted octanol–water partition coefficient (Wildman–Crippen LogP) is 4.22. The smallest absolute Gasteiger partial charge is 0.342 e. The van der Waals surface area contributed by atoms with Crippen molar-refractivity contribution in [1.82, 2.24) is 9.88 Å². The second-order valence-corrected chi connectivity index (χ2v) is 6.40. The fourth-order valence-corrected chi connectivity index (χ4v) is 2.79. The number of aromatic nitrogens is 1. The van der Waals surface area contributed by atoms with Crippen LogP contribution in [-0.4, -0.2) is 34.9 Å². The van der Waals surface area contributed by atoms with Crippen molar-refractivity contribution in [3.8, 4) is 11.5 Å². The summed E-state index contributed by atoms with van der Waals surface area (Å²) in [6.45, 7) is 2.00. The first kappa shape index (κ1) is 21.0. The minimum atomic E-state index is -0.676. The van der Waals surface area contributed by atoms with Crippen molar-refractivity contribution in [1.29, 1.82) is 0 Å². The minimum Gasteiger partial charge on any atom is -0.455 e. The Morgan fingerprint density at radius 2 is 1.90 bits per heavy atom. The molecule has 6 nitrogen and oxygen atoms in total. The standard InChI is InChI=1S/C23H21FN2O4/c1-2-26(15-17-7-5-8-18(24)13-17)22(27)16-29-23(28)20-10-3-4-11-21(20)30-19-9-6-12-25-14-19/h3-14H,2,15-16H2,1H3. The Hall–Kier alpha value is -3.74. The van der Waals surface area contributed by atoms with Crippen LogP contribution < -0.4 is 4.74 Å². The molecule has 3 rings (SSSR count). The normalized spacial score (nSPS) is 10.3. The number of hydrogen-bond acceptors (Lipinski definition) is 5. The molecule has 0 N–H and O–H groups in total. The Balaban J connectivity index is 1.62. The van der Waals surface area contributed by atoms with Gasteiger partial charge in [0, 0.05) is 19.3 Å². The number of rotatable bonds is 8. The van der Waals surface area contributed by atoms with Crippen molar-refractivity contribution >= 4 is 11.9 Å². The van der Waals surface area contributed by atoms with Crippen LogP contribution in [0.15, 0.2) is 73.1 Å². The molecule has 1 aromatic heterocycles. The Morgan fingerprint density at radius 1 is 1.07 bits per heavy atom. The van der Waals surface area contributed by atoms with Crippen molar-refractivity contribution < 1.29 is 23.5 Å². The molecule has 2 aromatic carbocycles. The van der Waals surface area contributed by atoms with Crippen LogP contribution >= 0.6 is 0 Å². The van der Waals surface area contributed by atoms with Crippen molar-refractivity contribution in [3.63, 3.8) is 0 Å². The highest BCUT2D eigenvalue weighted by Gasteiger charge is 2.18. The van der Waals surface area contributed by atoms with Gasteiger partial charge in [-0.15, -0.1) is 0 Å². The Bertz CT molecular complexity index is 1010. The van der Waals surface area contributed by atoms with Gasteiger partial charge in [-0.05, 0) is 48.9 Å². The van der Waals surface area contributed by atoms with Crippen molar-refractivity contribution in [3.05, 3.63) is 90.0 Å². The van der Waals surface area contributed by atoms with Crippen molar-refractivity contribution in [2.24, 2.45) is 0 Å². The molecule has 0 spiro atoms. The first-order valence-electron chi connectivity index (χ1n) is 9.43. The third-order valence-electron chi connectivity index (χ3n) is 4.29. The lowest BCUT2D eigenvalue weighted by Gasteiger charge is -2.21. The molecule has 0 atom stereocenters. The SMILES string of the molecule is CCN(Cc1cccc(F)c1)C(=O)COC(=O)c1ccccc1Oc1cccnc1. The molecule has 1 amide bonds. The topological polar surface area (TPSA) is 68.7 Å². The first-order chi connectivity index (χ1) is 14.6. The van der Waals surface area contributed by atoms with Gasteiger partial charge in [-0.3, -0.25) is 9.78 Å². The van der Waals surface area contributed by atoms with Crippen LogP contribution in [0.25, 0.3) is 0 Å². The summed E-state index contributed by atoms with van der Waals surface area (Å²) in [6, 6.07) is 16.1. The minimum absolute atomic E-state index is 0.197. The van der Waals surface area contributed by atoms with E-state index in [1.54, 1.807) is 61.7 Å². The lowest BCUT2D eigenvalue weighted by atomic mass is 10.2. The van der Waals surface area contributed by atoms with E-state index in [-0.39, 0.29) is 23.8 Å². The summed E-state index contributed by atoms with van der Waals surface area (Å²) in [6.07, 6.45) is 3.14. The van der Waals surface area contributed by atoms with E-state index in [1.807, 2.05) is 0 Å². The summed E-state index contributed by atoms with van der Waals surface area (Å²) in [4.78, 5) is 30.5. The van der Waals surface area contributed by atoms with E-state index in [0.29, 0.717) is 23.6 Å². The molecule has 0 unspecified atom stereocenters. The van der Waals surface area contributed by atoms with Gasteiger partial charge in [0.2, 0.25) is 0 Å². The largest absolute Gasteiger partial charge is 0.455 e. The third-order valence-corrected chi connectivity index (χ3v) is 4.29. The van der Waals surface area contributed by atoms with Gasteiger partial charge in [-0.2, -0.15) is 0 Å². The number of nitrogens with zero attached hydrogens (tertiary/aromatic N) is 2. The fraction of sp³-hybridized carbons (Fsp3) is 0.174. The van der Waals surface area contributed by atoms with E-state index in [1.165, 1.54) is 23.2 Å². The summed E-state index contributed by atoms with van der Waals surface area (Å²) in [5.74, 6) is -0.644. The molecule has 7 heteroatoms. The quantitative estimate of drug-likeness (QED) is 0.522. The van der Waals surface area contributed by atoms with E-state index >= 15 is 0 Å². The molecule has 0 aliphatic carbocycles. The van der Waals surface area contributed by atoms with Gasteiger partial charge < -0.3 is 14.4 Å². The number of carbonyl (C=O) groups excluding carboxylic acids is 2. The van der Waals surface area contributed by atoms with E-state index in [2.05, 4.69) is 4.98 Å². The number of hydrogen-bond donors (Lipinski definition) is 0. The maximum Gasteiger partial charge on any atom is 0.342 e. The van der Waals surface area contributed by atoms with E-state index in [0.717, 1.165) is 0 Å². The molecule has 0 radical (unpaired) electrons. The van der Waals surface area contributed by atoms with E-state index in [9.17, 15) is 14.0 Å². The Labute approximate surface area is 173 Å². The van der Waals surface area contributed by atoms with E-state index < -0.39 is 12.6 Å². The van der Waals surface area contributed by atoms with Gasteiger partial charge in [-0.1, -0.05) is 24.3 Å². The number of esters is 1. The third kappa shape index (κ3) is 5.64. The Morgan fingerprint density at radius 3 is 2.63 bits per heavy atom. The van der Waals surface area contributed by atoms with Gasteiger partial charge in [0.05, 0.1) is 6.20 Å². The van der Waals surface area contributed by atoms with Gasteiger partial charge in [0.25, 0.3) is 5.91 Å². The van der Waals surface area contributed by atoms with Crippen LogP contribution in [0.5, 0.6) is 11.5 Å². The zero-order valence-corrected chi connectivity index (χ0v) is 16.5. The summed E-state index contributed by atoms with van der Waals surface area (Å²) < 4.78 is 24.3. The molecule has 3 aromatic rings. The molecule has 0 saturated carbocycles. The number of halogens is 1. The van der Waals surface area contributed by atoms with E-state index in [4.69, 9.17) is 9.47 Å². The first-order valence-corrected chi connectivity index (χ1v) is 9.43. The molecular weight excluding hydrogens is 387 g/mol. The van der Waals surface area contributed by atoms with Crippen LogP contribution in [0.2, 0.25) is 0 Å². The molecule has 0 aliphatic rings. The highest BCUT2D eigenvalue weighted by molar-refractivity contribution is 5.94. The zero-order valence-electron chi connectivity index (χ0n) is 16.5. The number of benzene rings is 2. The molecule has 0 bridgehead atoms. The molecule has 0 fully saturated rings. The maximum atomic E-state index is 13.4. The zero-order chi connectivity index (χ0) is 21.3. The molecular formula is C23H21FN2O4. The number of ether oxygens (including phenoxy) is 2. The number of amides is 1. The molecule has 0 aliphatic heterocycles. The summed E-state index contributed by atoms with van der Waals surface area (Å²) >= 11 is 0. The average Bonchev–Trinajstić information content (AvgIpc) is 2.76. The predicted molar refractivity (Wildman–Crippen MR) is 109 cm³/mol. The number of pyridine rings is 1. The Kier molecular flexibility index (Phi) is 7.10. The van der Waals surface area contributed by atoms with Gasteiger partial charge in [0.1, 0.15) is 22.9 Å². The second-order valence-electron chi connectivity index (χ2n) is 6.40. The van der Waals surface area contributed by atoms with Crippen LogP contribution in [-0.2, 0) is 16.1 Å². The second kappa shape index (κ2) is 10.2. The number of para-hydroxylation sites is 1. The van der Waals surface area contributed by atoms with Crippen molar-refractivity contribution in [2.45, 2.75) is 13.5 Å². The molecule has 1 heterocycles. The molecule has 154 valence electrons. The lowest BCUT2D eigenvalue weighted by Crippen LogP contribution is -2.34. The van der Waals surface area contributed by atoms with Gasteiger partial charge in [0.15, 0.2) is 6.61 Å².